The first-order chi connectivity index (χ1) is 10.5. The minimum atomic E-state index is 0.489. The van der Waals surface area contributed by atoms with Gasteiger partial charge in [0, 0.05) is 26.7 Å². The summed E-state index contributed by atoms with van der Waals surface area (Å²) in [6.07, 6.45) is 3.93. The summed E-state index contributed by atoms with van der Waals surface area (Å²) in [6, 6.07) is 0.489. The Morgan fingerprint density at radius 2 is 2.00 bits per heavy atom. The number of guanidine groups is 1. The molecule has 0 aliphatic heterocycles. The molecule has 0 fully saturated rings. The van der Waals surface area contributed by atoms with E-state index in [1.807, 2.05) is 7.05 Å². The van der Waals surface area contributed by atoms with Gasteiger partial charge in [-0.2, -0.15) is 5.10 Å². The Bertz CT molecular complexity index is 448. The Kier molecular flexibility index (Phi) is 7.87. The fourth-order valence-corrected chi connectivity index (χ4v) is 2.67. The zero-order valence-electron chi connectivity index (χ0n) is 14.8. The average molecular weight is 309 g/mol. The molecule has 1 aromatic rings. The van der Waals surface area contributed by atoms with Crippen LogP contribution in [0, 0.1) is 5.92 Å². The van der Waals surface area contributed by atoms with E-state index in [0.29, 0.717) is 18.5 Å². The Labute approximate surface area is 134 Å². The second-order valence-corrected chi connectivity index (χ2v) is 5.71. The van der Waals surface area contributed by atoms with Crippen molar-refractivity contribution in [2.75, 3.05) is 27.7 Å². The van der Waals surface area contributed by atoms with Crippen molar-refractivity contribution < 1.29 is 0 Å². The van der Waals surface area contributed by atoms with Gasteiger partial charge in [-0.15, -0.1) is 0 Å². The van der Waals surface area contributed by atoms with Crippen molar-refractivity contribution in [2.45, 2.75) is 39.3 Å². The third kappa shape index (κ3) is 5.29. The molecule has 1 rings (SSSR count). The lowest BCUT2D eigenvalue weighted by atomic mass is 9.93. The van der Waals surface area contributed by atoms with Crippen molar-refractivity contribution in [3.63, 3.8) is 0 Å². The Hall–Kier alpha value is -1.63. The largest absolute Gasteiger partial charge is 0.355 e. The van der Waals surface area contributed by atoms with Gasteiger partial charge >= 0.3 is 0 Å². The number of hydrogen-bond donors (Lipinski definition) is 2. The third-order valence-electron chi connectivity index (χ3n) is 4.18. The molecule has 7 heteroatoms. The van der Waals surface area contributed by atoms with E-state index < -0.39 is 0 Å². The Morgan fingerprint density at radius 1 is 1.32 bits per heavy atom. The molecule has 1 atom stereocenters. The fraction of sp³-hybridized carbons (Fsp3) is 0.800. The number of rotatable bonds is 8. The van der Waals surface area contributed by atoms with Crippen molar-refractivity contribution in [3.8, 4) is 0 Å². The summed E-state index contributed by atoms with van der Waals surface area (Å²) in [5.74, 6) is 2.35. The van der Waals surface area contributed by atoms with Crippen LogP contribution in [0.3, 0.4) is 0 Å². The van der Waals surface area contributed by atoms with Gasteiger partial charge in [-0.3, -0.25) is 9.67 Å². The first kappa shape index (κ1) is 18.4. The molecular formula is C15H31N7. The van der Waals surface area contributed by atoms with Crippen LogP contribution in [0.5, 0.6) is 0 Å². The standard InChI is InChI=1S/C15H31N7/c1-7-12(8-2)13(21(4)5)9-17-15(16-3)18-10-14-19-11-20-22(14)6/h11-13H,7-10H2,1-6H3,(H2,16,17,18). The first-order valence-corrected chi connectivity index (χ1v) is 7.97. The number of aryl methyl sites for hydroxylation is 1. The molecule has 0 saturated carbocycles. The minimum absolute atomic E-state index is 0.489. The van der Waals surface area contributed by atoms with Crippen LogP contribution in [0.1, 0.15) is 32.5 Å². The van der Waals surface area contributed by atoms with Gasteiger partial charge in [0.1, 0.15) is 12.2 Å². The Balaban J connectivity index is 2.53. The highest BCUT2D eigenvalue weighted by Crippen LogP contribution is 2.16. The molecule has 0 aliphatic carbocycles. The van der Waals surface area contributed by atoms with E-state index in [0.717, 1.165) is 18.3 Å². The van der Waals surface area contributed by atoms with Gasteiger partial charge in [0.2, 0.25) is 0 Å². The normalized spacial score (nSPS) is 13.7. The summed E-state index contributed by atoms with van der Waals surface area (Å²) in [7, 11) is 7.95. The average Bonchev–Trinajstić information content (AvgIpc) is 2.91. The summed E-state index contributed by atoms with van der Waals surface area (Å²) in [6.45, 7) is 5.99. The summed E-state index contributed by atoms with van der Waals surface area (Å²) in [4.78, 5) is 10.8. The first-order valence-electron chi connectivity index (χ1n) is 7.97. The molecule has 7 nitrogen and oxygen atoms in total. The topological polar surface area (TPSA) is 70.4 Å². The maximum atomic E-state index is 4.28. The summed E-state index contributed by atoms with van der Waals surface area (Å²) in [5, 5.41) is 10.8. The molecule has 0 bridgehead atoms. The highest BCUT2D eigenvalue weighted by atomic mass is 15.3. The van der Waals surface area contributed by atoms with Crippen LogP contribution in [-0.2, 0) is 13.6 Å². The molecule has 0 aromatic carbocycles. The van der Waals surface area contributed by atoms with Gasteiger partial charge in [-0.05, 0) is 20.0 Å². The number of likely N-dealkylation sites (N-methyl/N-ethyl adjacent to an activating group) is 1. The maximum absolute atomic E-state index is 4.28. The quantitative estimate of drug-likeness (QED) is 0.550. The second-order valence-electron chi connectivity index (χ2n) is 5.71. The van der Waals surface area contributed by atoms with Crippen LogP contribution < -0.4 is 10.6 Å². The molecule has 1 aromatic heterocycles. The van der Waals surface area contributed by atoms with Crippen molar-refractivity contribution in [3.05, 3.63) is 12.2 Å². The van der Waals surface area contributed by atoms with Gasteiger partial charge in [-0.25, -0.2) is 4.98 Å². The zero-order chi connectivity index (χ0) is 16.5. The van der Waals surface area contributed by atoms with E-state index in [2.05, 4.69) is 58.6 Å². The monoisotopic (exact) mass is 309 g/mol. The molecule has 22 heavy (non-hydrogen) atoms. The summed E-state index contributed by atoms with van der Waals surface area (Å²) < 4.78 is 1.76. The van der Waals surface area contributed by atoms with E-state index >= 15 is 0 Å². The molecule has 2 N–H and O–H groups in total. The molecule has 0 saturated heterocycles. The third-order valence-corrected chi connectivity index (χ3v) is 4.18. The van der Waals surface area contributed by atoms with Crippen molar-refractivity contribution in [2.24, 2.45) is 18.0 Å². The van der Waals surface area contributed by atoms with E-state index in [1.54, 1.807) is 18.1 Å². The molecule has 1 heterocycles. The van der Waals surface area contributed by atoms with E-state index in [9.17, 15) is 0 Å². The van der Waals surface area contributed by atoms with Gasteiger partial charge in [0.05, 0.1) is 6.54 Å². The number of aromatic nitrogens is 3. The molecular weight excluding hydrogens is 278 g/mol. The van der Waals surface area contributed by atoms with Crippen LogP contribution in [0.2, 0.25) is 0 Å². The van der Waals surface area contributed by atoms with Gasteiger partial charge < -0.3 is 15.5 Å². The predicted octanol–water partition coefficient (Wildman–Crippen LogP) is 0.847. The van der Waals surface area contributed by atoms with E-state index in [1.165, 1.54) is 12.8 Å². The molecule has 0 spiro atoms. The molecule has 1 unspecified atom stereocenters. The lowest BCUT2D eigenvalue weighted by Gasteiger charge is -2.32. The van der Waals surface area contributed by atoms with E-state index in [-0.39, 0.29) is 0 Å². The van der Waals surface area contributed by atoms with Gasteiger partial charge in [0.25, 0.3) is 0 Å². The van der Waals surface area contributed by atoms with Crippen molar-refractivity contribution in [1.82, 2.24) is 30.3 Å². The van der Waals surface area contributed by atoms with Crippen molar-refractivity contribution >= 4 is 5.96 Å². The lowest BCUT2D eigenvalue weighted by molar-refractivity contribution is 0.200. The van der Waals surface area contributed by atoms with Crippen molar-refractivity contribution in [1.29, 1.82) is 0 Å². The number of hydrogen-bond acceptors (Lipinski definition) is 4. The second kappa shape index (κ2) is 9.40. The van der Waals surface area contributed by atoms with E-state index in [4.69, 9.17) is 0 Å². The molecule has 126 valence electrons. The zero-order valence-corrected chi connectivity index (χ0v) is 14.8. The van der Waals surface area contributed by atoms with Crippen LogP contribution >= 0.6 is 0 Å². The fourth-order valence-electron chi connectivity index (χ4n) is 2.67. The van der Waals surface area contributed by atoms with Crippen LogP contribution in [-0.4, -0.2) is 59.4 Å². The van der Waals surface area contributed by atoms with Crippen LogP contribution in [0.4, 0.5) is 0 Å². The highest BCUT2D eigenvalue weighted by Gasteiger charge is 2.20. The number of nitrogens with zero attached hydrogens (tertiary/aromatic N) is 5. The van der Waals surface area contributed by atoms with Gasteiger partial charge in [-0.1, -0.05) is 26.7 Å². The molecule has 0 radical (unpaired) electrons. The SMILES string of the molecule is CCC(CC)C(CNC(=NC)NCc1ncnn1C)N(C)C. The van der Waals surface area contributed by atoms with Gasteiger partial charge in [0.15, 0.2) is 5.96 Å². The summed E-state index contributed by atoms with van der Waals surface area (Å²) >= 11 is 0. The smallest absolute Gasteiger partial charge is 0.191 e. The Morgan fingerprint density at radius 3 is 2.45 bits per heavy atom. The van der Waals surface area contributed by atoms with Crippen LogP contribution in [0.25, 0.3) is 0 Å². The number of nitrogens with one attached hydrogen (secondary N) is 2. The maximum Gasteiger partial charge on any atom is 0.191 e. The predicted molar refractivity (Wildman–Crippen MR) is 90.8 cm³/mol. The number of aliphatic imine (C=N–C) groups is 1. The molecule has 0 aliphatic rings. The summed E-state index contributed by atoms with van der Waals surface area (Å²) in [5.41, 5.74) is 0. The molecule has 0 amide bonds. The minimum Gasteiger partial charge on any atom is -0.355 e. The van der Waals surface area contributed by atoms with Crippen LogP contribution in [0.15, 0.2) is 11.3 Å². The lowest BCUT2D eigenvalue weighted by Crippen LogP contribution is -2.47. The highest BCUT2D eigenvalue weighted by molar-refractivity contribution is 5.79.